The van der Waals surface area contributed by atoms with Crippen LogP contribution in [0.2, 0.25) is 0 Å². The number of nitrogens with zero attached hydrogens (tertiary/aromatic N) is 4. The number of para-hydroxylation sites is 6. The van der Waals surface area contributed by atoms with Crippen molar-refractivity contribution in [2.45, 2.75) is 123 Å². The van der Waals surface area contributed by atoms with Crippen LogP contribution in [-0.2, 0) is 0 Å². The van der Waals surface area contributed by atoms with Crippen LogP contribution in [0.4, 0.5) is 11.1 Å². The van der Waals surface area contributed by atoms with E-state index >= 15 is 0 Å². The number of carbonyl (C=O) groups is 2. The van der Waals surface area contributed by atoms with Crippen LogP contribution >= 0.6 is 22.7 Å². The third-order valence-electron chi connectivity index (χ3n) is 7.70. The fourth-order valence-electron chi connectivity index (χ4n) is 5.04. The first-order chi connectivity index (χ1) is 29.9. The summed E-state index contributed by atoms with van der Waals surface area (Å²) in [6.07, 6.45) is 0. The molecule has 62 heavy (non-hydrogen) atoms. The van der Waals surface area contributed by atoms with E-state index in [0.717, 1.165) is 48.9 Å². The van der Waals surface area contributed by atoms with Crippen LogP contribution in [0.25, 0.3) is 42.5 Å². The van der Waals surface area contributed by atoms with E-state index in [9.17, 15) is 9.59 Å². The second-order valence-corrected chi connectivity index (χ2v) is 15.9. The number of benzene rings is 4. The molecule has 0 amide bonds. The molecular weight excluding hydrogens is 809 g/mol. The number of rotatable bonds is 8. The highest BCUT2D eigenvalue weighted by molar-refractivity contribution is 7.22. The number of aromatic amines is 2. The lowest BCUT2D eigenvalue weighted by molar-refractivity contribution is 0.0926. The minimum Gasteiger partial charge on any atom is -0.359 e. The lowest BCUT2D eigenvalue weighted by Gasteiger charge is -2.04. The maximum absolute atomic E-state index is 11.7. The lowest BCUT2D eigenvalue weighted by atomic mass is 10.1. The van der Waals surface area contributed by atoms with Crippen LogP contribution in [0.1, 0.15) is 131 Å². The number of aromatic nitrogens is 6. The second-order valence-electron chi connectivity index (χ2n) is 13.8. The Morgan fingerprint density at radius 2 is 0.887 bits per heavy atom. The van der Waals surface area contributed by atoms with Crippen molar-refractivity contribution in [2.75, 3.05) is 10.6 Å². The number of carbonyl (C=O) groups excluding carboxylic acids is 2. The summed E-state index contributed by atoms with van der Waals surface area (Å²) in [4.78, 5) is 46.9. The van der Waals surface area contributed by atoms with Crippen LogP contribution in [0, 0.1) is 11.8 Å². The summed E-state index contributed by atoms with van der Waals surface area (Å²) < 4.78 is 2.32. The van der Waals surface area contributed by atoms with Crippen LogP contribution in [0.15, 0.2) is 97.1 Å². The number of nitrogens with one attached hydrogen (secondary N) is 4. The minimum absolute atomic E-state index is 0.0180. The third kappa shape index (κ3) is 17.5. The third-order valence-corrected chi connectivity index (χ3v) is 9.72. The molecule has 0 aliphatic carbocycles. The predicted molar refractivity (Wildman–Crippen MR) is 273 cm³/mol. The van der Waals surface area contributed by atoms with Gasteiger partial charge in [-0.3, -0.25) is 9.59 Å². The van der Waals surface area contributed by atoms with Crippen molar-refractivity contribution in [3.8, 4) is 0 Å². The zero-order chi connectivity index (χ0) is 46.8. The Morgan fingerprint density at radius 3 is 1.32 bits per heavy atom. The molecule has 336 valence electrons. The summed E-state index contributed by atoms with van der Waals surface area (Å²) in [5, 5.41) is 8.17. The van der Waals surface area contributed by atoms with Gasteiger partial charge in [-0.15, -0.1) is 11.3 Å². The molecule has 0 unspecified atom stereocenters. The molecule has 0 fully saturated rings. The van der Waals surface area contributed by atoms with E-state index in [1.54, 1.807) is 11.3 Å². The summed E-state index contributed by atoms with van der Waals surface area (Å²) in [5.41, 5.74) is 5.83. The Morgan fingerprint density at radius 1 is 0.468 bits per heavy atom. The Hall–Kier alpha value is -5.46. The van der Waals surface area contributed by atoms with Gasteiger partial charge in [0.1, 0.15) is 0 Å². The molecule has 4 aromatic carbocycles. The van der Waals surface area contributed by atoms with Crippen LogP contribution in [-0.4, -0.2) is 53.6 Å². The van der Waals surface area contributed by atoms with Gasteiger partial charge >= 0.3 is 0 Å². The minimum atomic E-state index is -0.0180. The number of hydrogen-bond donors (Lipinski definition) is 4. The molecule has 0 spiro atoms. The van der Waals surface area contributed by atoms with Crippen molar-refractivity contribution in [1.82, 2.24) is 29.9 Å². The van der Waals surface area contributed by atoms with E-state index in [4.69, 9.17) is 0 Å². The number of anilines is 2. The molecular formula is C50H72N8O2S2. The first-order valence-electron chi connectivity index (χ1n) is 22.1. The fraction of sp³-hybridized carbons (Fsp3) is 0.400. The van der Waals surface area contributed by atoms with Crippen molar-refractivity contribution in [2.24, 2.45) is 11.8 Å². The number of hydrogen-bond acceptors (Lipinski definition) is 10. The van der Waals surface area contributed by atoms with Gasteiger partial charge < -0.3 is 20.6 Å². The normalized spacial score (nSPS) is 10.0. The van der Waals surface area contributed by atoms with Gasteiger partial charge in [-0.2, -0.15) is 0 Å². The average Bonchev–Trinajstić information content (AvgIpc) is 4.10. The van der Waals surface area contributed by atoms with E-state index in [-0.39, 0.29) is 23.4 Å². The number of Topliss-reactive ketones (excluding diaryl/α,β-unsaturated/α-hetero) is 2. The molecule has 8 rings (SSSR count). The smallest absolute Gasteiger partial charge is 0.201 e. The van der Waals surface area contributed by atoms with Crippen molar-refractivity contribution in [3.05, 3.63) is 108 Å². The molecule has 4 aromatic heterocycles. The van der Waals surface area contributed by atoms with Gasteiger partial charge in [0.15, 0.2) is 21.7 Å². The van der Waals surface area contributed by atoms with Crippen molar-refractivity contribution >= 4 is 87.8 Å². The largest absolute Gasteiger partial charge is 0.359 e. The molecule has 0 aliphatic heterocycles. The van der Waals surface area contributed by atoms with E-state index in [2.05, 4.69) is 74.3 Å². The molecule has 8 aromatic rings. The second kappa shape index (κ2) is 29.7. The molecule has 0 atom stereocenters. The highest BCUT2D eigenvalue weighted by atomic mass is 32.1. The fourth-order valence-corrected chi connectivity index (χ4v) is 7.11. The first kappa shape index (κ1) is 54.6. The van der Waals surface area contributed by atoms with Crippen LogP contribution < -0.4 is 10.6 Å². The number of H-pyrrole nitrogens is 2. The topological polar surface area (TPSA) is 141 Å². The van der Waals surface area contributed by atoms with Crippen molar-refractivity contribution < 1.29 is 9.59 Å². The maximum Gasteiger partial charge on any atom is 0.201 e. The molecule has 4 N–H and O–H groups in total. The summed E-state index contributed by atoms with van der Waals surface area (Å²) in [7, 11) is 0. The maximum atomic E-state index is 11.7. The molecule has 0 saturated carbocycles. The van der Waals surface area contributed by atoms with Crippen molar-refractivity contribution in [1.29, 1.82) is 0 Å². The summed E-state index contributed by atoms with van der Waals surface area (Å²) in [6.45, 7) is 32.0. The monoisotopic (exact) mass is 881 g/mol. The van der Waals surface area contributed by atoms with Gasteiger partial charge in [0, 0.05) is 23.9 Å². The number of fused-ring (bicyclic) bond motifs is 4. The number of thiazole rings is 2. The summed E-state index contributed by atoms with van der Waals surface area (Å²) >= 11 is 3.18. The average molecular weight is 881 g/mol. The van der Waals surface area contributed by atoms with Gasteiger partial charge in [0.25, 0.3) is 0 Å². The van der Waals surface area contributed by atoms with Gasteiger partial charge in [0.05, 0.1) is 42.5 Å². The van der Waals surface area contributed by atoms with Gasteiger partial charge in [-0.25, -0.2) is 19.9 Å². The van der Waals surface area contributed by atoms with E-state index in [1.165, 1.54) is 16.0 Å². The van der Waals surface area contributed by atoms with Crippen LogP contribution in [0.3, 0.4) is 0 Å². The quantitative estimate of drug-likeness (QED) is 0.111. The van der Waals surface area contributed by atoms with Crippen LogP contribution in [0.5, 0.6) is 0 Å². The SMILES string of the molecule is CC.CC.CC.CC.CC(C)C(=O)c1nc2ccccc2[nH]1.CC(C)C(=O)c1nc2ccccc2s1.CC(C)Nc1nc2ccccc2[nH]1.CC(C)Nc1nc2ccccc2s1. The number of imidazole rings is 2. The Kier molecular flexibility index (Phi) is 26.2. The standard InChI is InChI=1S/C11H12N2O.C11H11NOS.C10H13N3.C10H12N2S.4C2H6/c1-7(2)10(14)11-12-8-5-3-4-6-9(8)13-11;1-7(2)10(13)11-12-8-5-3-4-6-9(8)14-11;2*1-7(2)11-10-12-8-5-3-4-6-9(8)13-10;4*1-2/h3-7H,1-2H3,(H,12,13);3-7H,1-2H3;3-7H,1-2H3,(H2,11,12,13);3-7H,1-2H3,(H,11,12);4*1-2H3. The van der Waals surface area contributed by atoms with Gasteiger partial charge in [-0.05, 0) is 76.2 Å². The molecule has 10 nitrogen and oxygen atoms in total. The predicted octanol–water partition coefficient (Wildman–Crippen LogP) is 15.1. The first-order valence-corrected chi connectivity index (χ1v) is 23.7. The van der Waals surface area contributed by atoms with Crippen molar-refractivity contribution in [3.63, 3.8) is 0 Å². The molecule has 0 radical (unpaired) electrons. The molecule has 4 heterocycles. The van der Waals surface area contributed by atoms with Gasteiger partial charge in [-0.1, -0.05) is 143 Å². The highest BCUT2D eigenvalue weighted by Gasteiger charge is 2.15. The van der Waals surface area contributed by atoms with Gasteiger partial charge in [0.2, 0.25) is 11.7 Å². The zero-order valence-electron chi connectivity index (χ0n) is 40.0. The molecule has 0 aliphatic rings. The van der Waals surface area contributed by atoms with E-state index < -0.39 is 0 Å². The Balaban J connectivity index is 0.000000392. The molecule has 12 heteroatoms. The molecule has 0 bridgehead atoms. The summed E-state index contributed by atoms with van der Waals surface area (Å²) in [6, 6.07) is 32.5. The zero-order valence-corrected chi connectivity index (χ0v) is 41.6. The van der Waals surface area contributed by atoms with E-state index in [1.807, 2.05) is 174 Å². The Labute approximate surface area is 378 Å². The lowest BCUT2D eigenvalue weighted by Crippen LogP contribution is -2.10. The van der Waals surface area contributed by atoms with E-state index in [0.29, 0.717) is 22.9 Å². The molecule has 0 saturated heterocycles. The summed E-state index contributed by atoms with van der Waals surface area (Å²) in [5.74, 6) is 1.50. The Bertz CT molecular complexity index is 2140. The number of ketones is 2. The highest BCUT2D eigenvalue weighted by Crippen LogP contribution is 2.26.